The predicted octanol–water partition coefficient (Wildman–Crippen LogP) is 3.69. The van der Waals surface area contributed by atoms with Crippen molar-refractivity contribution in [3.05, 3.63) is 71.3 Å². The van der Waals surface area contributed by atoms with Gasteiger partial charge in [0.1, 0.15) is 0 Å². The number of nitrogens with zero attached hydrogens (tertiary/aromatic N) is 1. The average Bonchev–Trinajstić information content (AvgIpc) is 2.69. The first-order valence-electron chi connectivity index (χ1n) is 8.87. The summed E-state index contributed by atoms with van der Waals surface area (Å²) in [5.41, 5.74) is 0.708. The first kappa shape index (κ1) is 24.7. The summed E-state index contributed by atoms with van der Waals surface area (Å²) in [4.78, 5) is 16.2. The zero-order valence-electron chi connectivity index (χ0n) is 15.9. The predicted molar refractivity (Wildman–Crippen MR) is 118 cm³/mol. The Hall–Kier alpha value is -2.30. The van der Waals surface area contributed by atoms with Crippen LogP contribution in [0.3, 0.4) is 0 Å². The molecule has 0 spiro atoms. The summed E-state index contributed by atoms with van der Waals surface area (Å²) >= 11 is 0. The molecule has 9 heteroatoms. The minimum atomic E-state index is -4.39. The van der Waals surface area contributed by atoms with E-state index in [1.165, 1.54) is 6.07 Å². The van der Waals surface area contributed by atoms with Crippen LogP contribution in [-0.2, 0) is 24.1 Å². The number of carbonyl (C=O) groups is 1. The van der Waals surface area contributed by atoms with Crippen molar-refractivity contribution in [2.75, 3.05) is 13.1 Å². The molecule has 0 radical (unpaired) electrons. The van der Waals surface area contributed by atoms with Crippen molar-refractivity contribution in [1.82, 2.24) is 16.0 Å². The van der Waals surface area contributed by atoms with Crippen molar-refractivity contribution >= 4 is 35.8 Å². The Bertz CT molecular complexity index is 798. The Kier molecular flexibility index (Phi) is 10.5. The lowest BCUT2D eigenvalue weighted by molar-refractivity contribution is -0.137. The molecule has 0 atom stereocenters. The summed E-state index contributed by atoms with van der Waals surface area (Å²) in [6.45, 7) is 2.89. The average molecular weight is 520 g/mol. The van der Waals surface area contributed by atoms with Gasteiger partial charge in [0.2, 0.25) is 5.91 Å². The van der Waals surface area contributed by atoms with Gasteiger partial charge in [0.05, 0.1) is 18.7 Å². The van der Waals surface area contributed by atoms with Gasteiger partial charge in [-0.15, -0.1) is 24.0 Å². The van der Waals surface area contributed by atoms with E-state index >= 15 is 0 Å². The molecule has 2 aromatic carbocycles. The molecule has 1 amide bonds. The highest BCUT2D eigenvalue weighted by Crippen LogP contribution is 2.29. The molecule has 0 aliphatic carbocycles. The Morgan fingerprint density at radius 2 is 1.66 bits per heavy atom. The fourth-order valence-electron chi connectivity index (χ4n) is 2.38. The van der Waals surface area contributed by atoms with E-state index in [9.17, 15) is 18.0 Å². The van der Waals surface area contributed by atoms with E-state index in [1.807, 2.05) is 37.3 Å². The number of amides is 1. The van der Waals surface area contributed by atoms with Crippen molar-refractivity contribution in [2.24, 2.45) is 4.99 Å². The van der Waals surface area contributed by atoms with Crippen LogP contribution in [0.15, 0.2) is 59.6 Å². The summed E-state index contributed by atoms with van der Waals surface area (Å²) in [7, 11) is 0. The fraction of sp³-hybridized carbons (Fsp3) is 0.300. The van der Waals surface area contributed by atoms with Crippen LogP contribution in [0.1, 0.15) is 23.6 Å². The van der Waals surface area contributed by atoms with Crippen LogP contribution >= 0.6 is 24.0 Å². The molecule has 0 aromatic heterocycles. The van der Waals surface area contributed by atoms with Gasteiger partial charge in [0.15, 0.2) is 5.96 Å². The number of halogens is 4. The van der Waals surface area contributed by atoms with Crippen molar-refractivity contribution in [1.29, 1.82) is 0 Å². The van der Waals surface area contributed by atoms with Crippen molar-refractivity contribution in [3.8, 4) is 0 Å². The molecule has 0 heterocycles. The van der Waals surface area contributed by atoms with Gasteiger partial charge in [-0.2, -0.15) is 13.2 Å². The van der Waals surface area contributed by atoms with Gasteiger partial charge in [0, 0.05) is 13.1 Å². The van der Waals surface area contributed by atoms with Gasteiger partial charge in [-0.25, -0.2) is 4.99 Å². The maximum atomic E-state index is 12.8. The molecule has 0 saturated heterocycles. The third kappa shape index (κ3) is 9.16. The molecule has 0 aliphatic heterocycles. The molecule has 0 bridgehead atoms. The van der Waals surface area contributed by atoms with Crippen molar-refractivity contribution < 1.29 is 18.0 Å². The molecule has 3 N–H and O–H groups in total. The van der Waals surface area contributed by atoms with Crippen LogP contribution in [0.25, 0.3) is 0 Å². The summed E-state index contributed by atoms with van der Waals surface area (Å²) in [5.74, 6) is 0.142. The highest BCUT2D eigenvalue weighted by molar-refractivity contribution is 14.0. The monoisotopic (exact) mass is 520 g/mol. The third-order valence-corrected chi connectivity index (χ3v) is 3.77. The van der Waals surface area contributed by atoms with Crippen LogP contribution in [0.5, 0.6) is 0 Å². The van der Waals surface area contributed by atoms with E-state index in [0.29, 0.717) is 24.6 Å². The van der Waals surface area contributed by atoms with Crippen LogP contribution < -0.4 is 16.0 Å². The highest BCUT2D eigenvalue weighted by atomic mass is 127. The molecule has 0 aliphatic rings. The van der Waals surface area contributed by atoms with Gasteiger partial charge in [-0.05, 0) is 30.2 Å². The number of hydrogen-bond acceptors (Lipinski definition) is 2. The molecular formula is C20H24F3IN4O. The standard InChI is InChI=1S/C20H23F3N4O.HI/c1-2-24-19(26-13-16-9-6-10-17(11-16)20(21,22)23)27-14-18(28)25-12-15-7-4-3-5-8-15;/h3-11H,2,12-14H2,1H3,(H,25,28)(H2,24,26,27);1H. The molecule has 0 unspecified atom stereocenters. The second-order valence-corrected chi connectivity index (χ2v) is 6.01. The van der Waals surface area contributed by atoms with Crippen molar-refractivity contribution in [2.45, 2.75) is 26.2 Å². The highest BCUT2D eigenvalue weighted by Gasteiger charge is 2.30. The quantitative estimate of drug-likeness (QED) is 0.297. The Morgan fingerprint density at radius 1 is 0.966 bits per heavy atom. The van der Waals surface area contributed by atoms with Gasteiger partial charge < -0.3 is 16.0 Å². The van der Waals surface area contributed by atoms with Crippen LogP contribution in [-0.4, -0.2) is 25.0 Å². The number of nitrogens with one attached hydrogen (secondary N) is 3. The number of hydrogen-bond donors (Lipinski definition) is 3. The second-order valence-electron chi connectivity index (χ2n) is 6.01. The minimum Gasteiger partial charge on any atom is -0.357 e. The van der Waals surface area contributed by atoms with Crippen LogP contribution in [0, 0.1) is 0 Å². The smallest absolute Gasteiger partial charge is 0.357 e. The first-order valence-corrected chi connectivity index (χ1v) is 8.87. The number of benzene rings is 2. The summed E-state index contributed by atoms with van der Waals surface area (Å²) in [6, 6.07) is 14.5. The lowest BCUT2D eigenvalue weighted by Crippen LogP contribution is -2.43. The molecule has 2 aromatic rings. The van der Waals surface area contributed by atoms with E-state index < -0.39 is 11.7 Å². The summed E-state index contributed by atoms with van der Waals surface area (Å²) in [5, 5.41) is 8.63. The Morgan fingerprint density at radius 3 is 2.31 bits per heavy atom. The second kappa shape index (κ2) is 12.3. The van der Waals surface area contributed by atoms with Gasteiger partial charge in [-0.3, -0.25) is 4.79 Å². The molecule has 2 rings (SSSR count). The Balaban J connectivity index is 0.00000420. The zero-order valence-corrected chi connectivity index (χ0v) is 18.3. The first-order chi connectivity index (χ1) is 13.4. The van der Waals surface area contributed by atoms with Crippen molar-refractivity contribution in [3.63, 3.8) is 0 Å². The number of guanidine groups is 1. The molecule has 0 saturated carbocycles. The summed E-state index contributed by atoms with van der Waals surface area (Å²) in [6.07, 6.45) is -4.39. The molecule has 5 nitrogen and oxygen atoms in total. The lowest BCUT2D eigenvalue weighted by atomic mass is 10.1. The fourth-order valence-corrected chi connectivity index (χ4v) is 2.38. The zero-order chi connectivity index (χ0) is 20.4. The lowest BCUT2D eigenvalue weighted by Gasteiger charge is -2.12. The topological polar surface area (TPSA) is 65.5 Å². The van der Waals surface area contributed by atoms with E-state index in [1.54, 1.807) is 6.07 Å². The normalized spacial score (nSPS) is 11.4. The van der Waals surface area contributed by atoms with Crippen LogP contribution in [0.2, 0.25) is 0 Å². The number of rotatable bonds is 7. The number of aliphatic imine (C=N–C) groups is 1. The minimum absolute atomic E-state index is 0. The number of alkyl halides is 3. The largest absolute Gasteiger partial charge is 0.416 e. The number of carbonyl (C=O) groups excluding carboxylic acids is 1. The van der Waals surface area contributed by atoms with Gasteiger partial charge in [-0.1, -0.05) is 42.5 Å². The molecule has 158 valence electrons. The van der Waals surface area contributed by atoms with E-state index in [-0.39, 0.29) is 43.0 Å². The summed E-state index contributed by atoms with van der Waals surface area (Å²) < 4.78 is 38.4. The van der Waals surface area contributed by atoms with Gasteiger partial charge in [0.25, 0.3) is 0 Å². The maximum absolute atomic E-state index is 12.8. The SMILES string of the molecule is CCNC(=NCc1cccc(C(F)(F)F)c1)NCC(=O)NCc1ccccc1.I. The maximum Gasteiger partial charge on any atom is 0.416 e. The van der Waals surface area contributed by atoms with E-state index in [4.69, 9.17) is 0 Å². The van der Waals surface area contributed by atoms with Crippen LogP contribution in [0.4, 0.5) is 13.2 Å². The molecule has 29 heavy (non-hydrogen) atoms. The van der Waals surface area contributed by atoms with Gasteiger partial charge >= 0.3 is 6.18 Å². The molecule has 0 fully saturated rings. The third-order valence-electron chi connectivity index (χ3n) is 3.77. The molecular weight excluding hydrogens is 496 g/mol. The van der Waals surface area contributed by atoms with E-state index in [2.05, 4.69) is 20.9 Å². The van der Waals surface area contributed by atoms with E-state index in [0.717, 1.165) is 17.7 Å². The Labute approximate surface area is 185 Å².